The minimum Gasteiger partial charge on any atom is -0.326 e. The van der Waals surface area contributed by atoms with E-state index in [4.69, 9.17) is 0 Å². The largest absolute Gasteiger partial charge is 0.326 e. The van der Waals surface area contributed by atoms with Crippen molar-refractivity contribution in [1.29, 1.82) is 0 Å². The van der Waals surface area contributed by atoms with Gasteiger partial charge in [-0.2, -0.15) is 0 Å². The van der Waals surface area contributed by atoms with Crippen molar-refractivity contribution >= 4 is 44.3 Å². The molecule has 1 heterocycles. The molecule has 24 heavy (non-hydrogen) atoms. The van der Waals surface area contributed by atoms with E-state index >= 15 is 0 Å². The van der Waals surface area contributed by atoms with Gasteiger partial charge in [0.15, 0.2) is 0 Å². The van der Waals surface area contributed by atoms with Gasteiger partial charge in [-0.25, -0.2) is 0 Å². The number of halogens is 1. The summed E-state index contributed by atoms with van der Waals surface area (Å²) in [5.74, 6) is -0.250. The van der Waals surface area contributed by atoms with Gasteiger partial charge in [-0.1, -0.05) is 34.1 Å². The lowest BCUT2D eigenvalue weighted by molar-refractivity contribution is -0.116. The van der Waals surface area contributed by atoms with Crippen LogP contribution in [-0.2, 0) is 4.79 Å². The van der Waals surface area contributed by atoms with Crippen LogP contribution in [0.25, 0.3) is 10.9 Å². The summed E-state index contributed by atoms with van der Waals surface area (Å²) in [5.41, 5.74) is 2.65. The molecule has 0 fully saturated rings. The van der Waals surface area contributed by atoms with E-state index in [1.807, 2.05) is 55.5 Å². The number of para-hydroxylation sites is 1. The number of carbonyl (C=O) groups excluding carboxylic acids is 2. The number of rotatable bonds is 4. The van der Waals surface area contributed by atoms with Crippen LogP contribution in [0, 0.1) is 6.92 Å². The summed E-state index contributed by atoms with van der Waals surface area (Å²) in [6.45, 7) is 1.96. The Kier molecular flexibility index (Phi) is 4.81. The predicted octanol–water partition coefficient (Wildman–Crippen LogP) is 4.77. The van der Waals surface area contributed by atoms with E-state index in [-0.39, 0.29) is 24.7 Å². The summed E-state index contributed by atoms with van der Waals surface area (Å²) < 4.78 is 2.60. The molecular formula is C19H17BrN2O2. The summed E-state index contributed by atoms with van der Waals surface area (Å²) in [7, 11) is 0. The average Bonchev–Trinajstić information content (AvgIpc) is 3.00. The maximum atomic E-state index is 12.4. The molecule has 0 saturated heterocycles. The zero-order chi connectivity index (χ0) is 17.1. The normalized spacial score (nSPS) is 10.8. The smallest absolute Gasteiger partial charge is 0.231 e. The third-order valence-electron chi connectivity index (χ3n) is 3.88. The Morgan fingerprint density at radius 3 is 2.67 bits per heavy atom. The Morgan fingerprint density at radius 1 is 1.08 bits per heavy atom. The molecule has 4 nitrogen and oxygen atoms in total. The van der Waals surface area contributed by atoms with E-state index in [9.17, 15) is 9.59 Å². The first-order chi connectivity index (χ1) is 11.5. The van der Waals surface area contributed by atoms with E-state index in [0.717, 1.165) is 26.6 Å². The van der Waals surface area contributed by atoms with Crippen LogP contribution in [0.3, 0.4) is 0 Å². The van der Waals surface area contributed by atoms with Gasteiger partial charge in [0, 0.05) is 34.6 Å². The fourth-order valence-electron chi connectivity index (χ4n) is 2.59. The van der Waals surface area contributed by atoms with Crippen LogP contribution in [0.1, 0.15) is 23.2 Å². The zero-order valence-corrected chi connectivity index (χ0v) is 14.8. The summed E-state index contributed by atoms with van der Waals surface area (Å²) >= 11 is 3.43. The Bertz CT molecular complexity index is 915. The van der Waals surface area contributed by atoms with Crippen molar-refractivity contribution in [3.63, 3.8) is 0 Å². The van der Waals surface area contributed by atoms with Crippen LogP contribution in [0.15, 0.2) is 59.2 Å². The highest BCUT2D eigenvalue weighted by atomic mass is 79.9. The van der Waals surface area contributed by atoms with Crippen LogP contribution in [0.5, 0.6) is 0 Å². The van der Waals surface area contributed by atoms with Crippen molar-refractivity contribution in [2.24, 2.45) is 0 Å². The number of nitrogens with one attached hydrogen (secondary N) is 1. The number of anilines is 1. The molecule has 0 saturated carbocycles. The molecular weight excluding hydrogens is 368 g/mol. The van der Waals surface area contributed by atoms with Gasteiger partial charge in [-0.05, 0) is 42.8 Å². The maximum absolute atomic E-state index is 12.4. The highest BCUT2D eigenvalue weighted by Gasteiger charge is 2.11. The Labute approximate surface area is 148 Å². The molecule has 0 radical (unpaired) electrons. The molecule has 0 aliphatic rings. The summed E-state index contributed by atoms with van der Waals surface area (Å²) in [6.07, 6.45) is 2.07. The lowest BCUT2D eigenvalue weighted by atomic mass is 10.2. The van der Waals surface area contributed by atoms with Crippen molar-refractivity contribution in [3.8, 4) is 0 Å². The number of hydrogen-bond acceptors (Lipinski definition) is 2. The monoisotopic (exact) mass is 384 g/mol. The first-order valence-corrected chi connectivity index (χ1v) is 8.49. The lowest BCUT2D eigenvalue weighted by Crippen LogP contribution is -2.16. The van der Waals surface area contributed by atoms with Crippen LogP contribution >= 0.6 is 15.9 Å². The molecule has 1 aromatic heterocycles. The van der Waals surface area contributed by atoms with Crippen molar-refractivity contribution in [2.75, 3.05) is 5.32 Å². The predicted molar refractivity (Wildman–Crippen MR) is 99.3 cm³/mol. The number of hydrogen-bond donors (Lipinski definition) is 1. The third kappa shape index (κ3) is 3.57. The van der Waals surface area contributed by atoms with Crippen LogP contribution in [0.2, 0.25) is 0 Å². The SMILES string of the molecule is Cc1cc(NC(=O)CCC(=O)n2ccc3ccccc32)ccc1Br. The number of benzene rings is 2. The van der Waals surface area contributed by atoms with Gasteiger partial charge in [0.05, 0.1) is 5.52 Å². The number of nitrogens with zero attached hydrogens (tertiary/aromatic N) is 1. The standard InChI is InChI=1S/C19H17BrN2O2/c1-13-12-15(6-7-16(13)20)21-18(23)8-9-19(24)22-11-10-14-4-2-3-5-17(14)22/h2-7,10-12H,8-9H2,1H3,(H,21,23). The zero-order valence-electron chi connectivity index (χ0n) is 13.3. The first-order valence-electron chi connectivity index (χ1n) is 7.70. The first kappa shape index (κ1) is 16.5. The summed E-state index contributed by atoms with van der Waals surface area (Å²) in [4.78, 5) is 24.4. The van der Waals surface area contributed by atoms with Crippen LogP contribution < -0.4 is 5.32 Å². The number of fused-ring (bicyclic) bond motifs is 1. The van der Waals surface area contributed by atoms with Crippen LogP contribution in [0.4, 0.5) is 5.69 Å². The highest BCUT2D eigenvalue weighted by molar-refractivity contribution is 9.10. The van der Waals surface area contributed by atoms with Gasteiger partial charge in [0.2, 0.25) is 11.8 Å². The third-order valence-corrected chi connectivity index (χ3v) is 4.77. The van der Waals surface area contributed by atoms with Crippen molar-refractivity contribution in [2.45, 2.75) is 19.8 Å². The second kappa shape index (κ2) is 7.01. The molecule has 0 spiro atoms. The number of aryl methyl sites for hydroxylation is 1. The molecule has 5 heteroatoms. The second-order valence-corrected chi connectivity index (χ2v) is 6.50. The number of carbonyl (C=O) groups is 2. The molecule has 0 atom stereocenters. The molecule has 0 aliphatic heterocycles. The molecule has 1 amide bonds. The second-order valence-electron chi connectivity index (χ2n) is 5.65. The van der Waals surface area contributed by atoms with E-state index < -0.39 is 0 Å². The minimum absolute atomic E-state index is 0.0849. The molecule has 3 aromatic rings. The summed E-state index contributed by atoms with van der Waals surface area (Å²) in [6, 6.07) is 15.2. The Hall–Kier alpha value is -2.40. The van der Waals surface area contributed by atoms with E-state index in [1.165, 1.54) is 0 Å². The Balaban J connectivity index is 1.61. The Morgan fingerprint density at radius 2 is 1.88 bits per heavy atom. The van der Waals surface area contributed by atoms with Gasteiger partial charge >= 0.3 is 0 Å². The fourth-order valence-corrected chi connectivity index (χ4v) is 2.83. The van der Waals surface area contributed by atoms with E-state index in [0.29, 0.717) is 0 Å². The summed E-state index contributed by atoms with van der Waals surface area (Å²) in [5, 5.41) is 3.84. The van der Waals surface area contributed by atoms with Crippen molar-refractivity contribution in [3.05, 3.63) is 64.8 Å². The van der Waals surface area contributed by atoms with Gasteiger partial charge in [0.1, 0.15) is 0 Å². The van der Waals surface area contributed by atoms with Crippen LogP contribution in [-0.4, -0.2) is 16.4 Å². The van der Waals surface area contributed by atoms with Crippen molar-refractivity contribution < 1.29 is 9.59 Å². The average molecular weight is 385 g/mol. The van der Waals surface area contributed by atoms with Gasteiger partial charge < -0.3 is 5.32 Å². The van der Waals surface area contributed by atoms with Gasteiger partial charge in [-0.3, -0.25) is 14.2 Å². The lowest BCUT2D eigenvalue weighted by Gasteiger charge is -2.08. The molecule has 1 N–H and O–H groups in total. The quantitative estimate of drug-likeness (QED) is 0.703. The molecule has 0 unspecified atom stereocenters. The maximum Gasteiger partial charge on any atom is 0.231 e. The van der Waals surface area contributed by atoms with E-state index in [2.05, 4.69) is 21.2 Å². The van der Waals surface area contributed by atoms with Gasteiger partial charge in [-0.15, -0.1) is 0 Å². The number of aromatic nitrogens is 1. The highest BCUT2D eigenvalue weighted by Crippen LogP contribution is 2.20. The molecule has 0 bridgehead atoms. The van der Waals surface area contributed by atoms with Crippen molar-refractivity contribution in [1.82, 2.24) is 4.57 Å². The molecule has 0 aliphatic carbocycles. The topological polar surface area (TPSA) is 51.1 Å². The molecule has 2 aromatic carbocycles. The molecule has 122 valence electrons. The number of amides is 1. The minimum atomic E-state index is -0.165. The molecule has 3 rings (SSSR count). The fraction of sp³-hybridized carbons (Fsp3) is 0.158. The van der Waals surface area contributed by atoms with Gasteiger partial charge in [0.25, 0.3) is 0 Å². The van der Waals surface area contributed by atoms with E-state index in [1.54, 1.807) is 10.8 Å².